The van der Waals surface area contributed by atoms with E-state index in [1.807, 2.05) is 0 Å². The van der Waals surface area contributed by atoms with Crippen molar-refractivity contribution in [1.29, 1.82) is 0 Å². The van der Waals surface area contributed by atoms with E-state index in [0.717, 1.165) is 25.8 Å². The second-order valence-electron chi connectivity index (χ2n) is 5.10. The molecule has 0 amide bonds. The Morgan fingerprint density at radius 3 is 2.53 bits per heavy atom. The number of hydrogen-bond acceptors (Lipinski definition) is 2. The van der Waals surface area contributed by atoms with Crippen LogP contribution in [0.4, 0.5) is 0 Å². The Morgan fingerprint density at radius 2 is 2.00 bits per heavy atom. The highest BCUT2D eigenvalue weighted by Gasteiger charge is 2.34. The van der Waals surface area contributed by atoms with E-state index in [2.05, 4.69) is 12.2 Å². The molecule has 2 aliphatic rings. The molecule has 2 nitrogen and oxygen atoms in total. The summed E-state index contributed by atoms with van der Waals surface area (Å²) in [6.45, 7) is 3.27. The minimum atomic E-state index is 0.301. The molecule has 0 spiro atoms. The maximum absolute atomic E-state index is 12.3. The van der Waals surface area contributed by atoms with E-state index >= 15 is 0 Å². The lowest BCUT2D eigenvalue weighted by molar-refractivity contribution is -0.127. The van der Waals surface area contributed by atoms with Crippen molar-refractivity contribution in [3.8, 4) is 0 Å². The zero-order chi connectivity index (χ0) is 10.7. The van der Waals surface area contributed by atoms with E-state index in [1.54, 1.807) is 0 Å². The summed E-state index contributed by atoms with van der Waals surface area (Å²) in [6.07, 6.45) is 8.32. The van der Waals surface area contributed by atoms with Gasteiger partial charge in [-0.15, -0.1) is 0 Å². The Hall–Kier alpha value is -0.370. The van der Waals surface area contributed by atoms with Gasteiger partial charge in [-0.05, 0) is 38.6 Å². The van der Waals surface area contributed by atoms with Gasteiger partial charge in [0, 0.05) is 17.9 Å². The molecule has 15 heavy (non-hydrogen) atoms. The summed E-state index contributed by atoms with van der Waals surface area (Å²) in [5.41, 5.74) is 0. The van der Waals surface area contributed by atoms with E-state index in [-0.39, 0.29) is 0 Å². The standard InChI is InChI=1S/C13H23NO/c1-2-11(12-8-5-9-14-12)13(15)10-6-3-4-7-10/h10-12,14H,2-9H2,1H3. The number of ketones is 1. The molecule has 2 heteroatoms. The monoisotopic (exact) mass is 209 g/mol. The summed E-state index contributed by atoms with van der Waals surface area (Å²) >= 11 is 0. The summed E-state index contributed by atoms with van der Waals surface area (Å²) in [5.74, 6) is 1.27. The van der Waals surface area contributed by atoms with Gasteiger partial charge in [0.1, 0.15) is 5.78 Å². The van der Waals surface area contributed by atoms with Crippen molar-refractivity contribution in [3.05, 3.63) is 0 Å². The van der Waals surface area contributed by atoms with Crippen LogP contribution in [-0.4, -0.2) is 18.4 Å². The zero-order valence-electron chi connectivity index (χ0n) is 9.80. The first kappa shape index (κ1) is 11.1. The van der Waals surface area contributed by atoms with Crippen LogP contribution in [0, 0.1) is 11.8 Å². The number of Topliss-reactive ketones (excluding diaryl/α,β-unsaturated/α-hetero) is 1. The van der Waals surface area contributed by atoms with E-state index in [0.29, 0.717) is 23.7 Å². The molecule has 0 aromatic carbocycles. The van der Waals surface area contributed by atoms with E-state index in [9.17, 15) is 4.79 Å². The SMILES string of the molecule is CCC(C(=O)C1CCCC1)C1CCCN1. The predicted octanol–water partition coefficient (Wildman–Crippen LogP) is 2.52. The zero-order valence-corrected chi connectivity index (χ0v) is 9.80. The van der Waals surface area contributed by atoms with Gasteiger partial charge in [-0.2, -0.15) is 0 Å². The van der Waals surface area contributed by atoms with Crippen LogP contribution in [0.25, 0.3) is 0 Å². The fourth-order valence-corrected chi connectivity index (χ4v) is 3.25. The quantitative estimate of drug-likeness (QED) is 0.771. The molecular formula is C13H23NO. The van der Waals surface area contributed by atoms with Gasteiger partial charge in [0.2, 0.25) is 0 Å². The molecule has 1 saturated heterocycles. The van der Waals surface area contributed by atoms with Crippen LogP contribution in [0.3, 0.4) is 0 Å². The molecule has 0 bridgehead atoms. The van der Waals surface area contributed by atoms with Gasteiger partial charge in [0.05, 0.1) is 0 Å². The fraction of sp³-hybridized carbons (Fsp3) is 0.923. The Balaban J connectivity index is 1.95. The molecule has 1 saturated carbocycles. The normalized spacial score (nSPS) is 29.5. The van der Waals surface area contributed by atoms with Gasteiger partial charge >= 0.3 is 0 Å². The molecule has 86 valence electrons. The first-order valence-corrected chi connectivity index (χ1v) is 6.60. The average Bonchev–Trinajstić information content (AvgIpc) is 2.91. The smallest absolute Gasteiger partial charge is 0.140 e. The Labute approximate surface area is 92.8 Å². The Kier molecular flexibility index (Phi) is 3.79. The summed E-state index contributed by atoms with van der Waals surface area (Å²) in [6, 6.07) is 0.489. The van der Waals surface area contributed by atoms with Crippen molar-refractivity contribution in [2.24, 2.45) is 11.8 Å². The fourth-order valence-electron chi connectivity index (χ4n) is 3.25. The van der Waals surface area contributed by atoms with E-state index in [1.165, 1.54) is 25.7 Å². The predicted molar refractivity (Wildman–Crippen MR) is 61.8 cm³/mol. The number of rotatable bonds is 4. The Morgan fingerprint density at radius 1 is 1.27 bits per heavy atom. The van der Waals surface area contributed by atoms with Crippen molar-refractivity contribution in [2.45, 2.75) is 57.9 Å². The molecule has 2 rings (SSSR count). The summed E-state index contributed by atoms with van der Waals surface area (Å²) < 4.78 is 0. The number of carbonyl (C=O) groups excluding carboxylic acids is 1. The largest absolute Gasteiger partial charge is 0.313 e. The van der Waals surface area contributed by atoms with Crippen LogP contribution in [0.1, 0.15) is 51.9 Å². The number of carbonyl (C=O) groups is 1. The third kappa shape index (κ3) is 2.41. The molecule has 1 aliphatic heterocycles. The first-order valence-electron chi connectivity index (χ1n) is 6.60. The third-order valence-electron chi connectivity index (χ3n) is 4.15. The van der Waals surface area contributed by atoms with Crippen molar-refractivity contribution >= 4 is 5.78 Å². The topological polar surface area (TPSA) is 29.1 Å². The second-order valence-corrected chi connectivity index (χ2v) is 5.10. The second kappa shape index (κ2) is 5.11. The summed E-state index contributed by atoms with van der Waals surface area (Å²) in [4.78, 5) is 12.3. The van der Waals surface area contributed by atoms with Gasteiger partial charge in [-0.25, -0.2) is 0 Å². The summed E-state index contributed by atoms with van der Waals surface area (Å²) in [7, 11) is 0. The van der Waals surface area contributed by atoms with Gasteiger partial charge in [-0.1, -0.05) is 19.8 Å². The molecule has 0 radical (unpaired) electrons. The number of hydrogen-bond donors (Lipinski definition) is 1. The molecule has 0 aromatic rings. The highest BCUT2D eigenvalue weighted by molar-refractivity contribution is 5.84. The van der Waals surface area contributed by atoms with Gasteiger partial charge in [-0.3, -0.25) is 4.79 Å². The molecule has 0 aromatic heterocycles. The molecule has 2 atom stereocenters. The minimum Gasteiger partial charge on any atom is -0.313 e. The van der Waals surface area contributed by atoms with Crippen molar-refractivity contribution in [2.75, 3.05) is 6.54 Å². The lowest BCUT2D eigenvalue weighted by Gasteiger charge is -2.23. The minimum absolute atomic E-state index is 0.301. The van der Waals surface area contributed by atoms with E-state index < -0.39 is 0 Å². The Bertz CT molecular complexity index is 215. The van der Waals surface area contributed by atoms with Crippen molar-refractivity contribution in [3.63, 3.8) is 0 Å². The average molecular weight is 209 g/mol. The van der Waals surface area contributed by atoms with Crippen LogP contribution in [0.2, 0.25) is 0 Å². The third-order valence-corrected chi connectivity index (χ3v) is 4.15. The van der Waals surface area contributed by atoms with Crippen LogP contribution in [0.5, 0.6) is 0 Å². The highest BCUT2D eigenvalue weighted by atomic mass is 16.1. The van der Waals surface area contributed by atoms with Crippen LogP contribution < -0.4 is 5.32 Å². The number of nitrogens with one attached hydrogen (secondary N) is 1. The first-order chi connectivity index (χ1) is 7.33. The lowest BCUT2D eigenvalue weighted by Crippen LogP contribution is -2.37. The maximum atomic E-state index is 12.3. The van der Waals surface area contributed by atoms with Gasteiger partial charge in [0.25, 0.3) is 0 Å². The maximum Gasteiger partial charge on any atom is 0.140 e. The van der Waals surface area contributed by atoms with Crippen molar-refractivity contribution in [1.82, 2.24) is 5.32 Å². The molecular weight excluding hydrogens is 186 g/mol. The van der Waals surface area contributed by atoms with E-state index in [4.69, 9.17) is 0 Å². The summed E-state index contributed by atoms with van der Waals surface area (Å²) in [5, 5.41) is 3.49. The molecule has 2 unspecified atom stereocenters. The molecule has 1 aliphatic carbocycles. The van der Waals surface area contributed by atoms with Gasteiger partial charge in [0.15, 0.2) is 0 Å². The molecule has 1 heterocycles. The van der Waals surface area contributed by atoms with Crippen molar-refractivity contribution < 1.29 is 4.79 Å². The van der Waals surface area contributed by atoms with Gasteiger partial charge < -0.3 is 5.32 Å². The van der Waals surface area contributed by atoms with Crippen LogP contribution >= 0.6 is 0 Å². The lowest BCUT2D eigenvalue weighted by atomic mass is 9.84. The van der Waals surface area contributed by atoms with Crippen LogP contribution in [0.15, 0.2) is 0 Å². The van der Waals surface area contributed by atoms with Crippen LogP contribution in [-0.2, 0) is 4.79 Å². The molecule has 2 fully saturated rings. The highest BCUT2D eigenvalue weighted by Crippen LogP contribution is 2.31. The molecule has 1 N–H and O–H groups in total.